The van der Waals surface area contributed by atoms with Gasteiger partial charge >= 0.3 is 0 Å². The van der Waals surface area contributed by atoms with Crippen LogP contribution in [0.15, 0.2) is 36.7 Å². The first-order valence-corrected chi connectivity index (χ1v) is 12.2. The van der Waals surface area contributed by atoms with E-state index in [1.54, 1.807) is 0 Å². The van der Waals surface area contributed by atoms with Crippen molar-refractivity contribution >= 4 is 0 Å². The standard InChI is InChI=1S/C27H40N2/c1-3-5-6-7-8-9-23-16-18-26(19-17-23)27-28-20-25(21-29-27)15-14-24-12-10-22(4-2)11-13-24/h16-22,24H,3-15H2,1-2H3/t22-,24-. The fourth-order valence-corrected chi connectivity index (χ4v) is 4.69. The maximum absolute atomic E-state index is 4.65. The summed E-state index contributed by atoms with van der Waals surface area (Å²) in [6, 6.07) is 8.86. The quantitative estimate of drug-likeness (QED) is 0.364. The molecule has 0 saturated heterocycles. The first kappa shape index (κ1) is 22.0. The second kappa shape index (κ2) is 12.1. The molecule has 1 saturated carbocycles. The Balaban J connectivity index is 1.43. The third-order valence-electron chi connectivity index (χ3n) is 6.87. The molecule has 0 radical (unpaired) electrons. The lowest BCUT2D eigenvalue weighted by Crippen LogP contribution is -2.14. The van der Waals surface area contributed by atoms with Gasteiger partial charge in [0.1, 0.15) is 0 Å². The van der Waals surface area contributed by atoms with E-state index in [1.165, 1.54) is 88.2 Å². The van der Waals surface area contributed by atoms with Crippen LogP contribution in [-0.4, -0.2) is 9.97 Å². The molecule has 158 valence electrons. The third kappa shape index (κ3) is 7.24. The van der Waals surface area contributed by atoms with Crippen LogP contribution in [0.4, 0.5) is 0 Å². The van der Waals surface area contributed by atoms with Gasteiger partial charge in [-0.05, 0) is 48.6 Å². The van der Waals surface area contributed by atoms with Crippen LogP contribution < -0.4 is 0 Å². The molecule has 0 amide bonds. The molecule has 0 atom stereocenters. The summed E-state index contributed by atoms with van der Waals surface area (Å²) in [7, 11) is 0. The van der Waals surface area contributed by atoms with E-state index in [2.05, 4.69) is 48.1 Å². The number of rotatable bonds is 11. The van der Waals surface area contributed by atoms with Crippen LogP contribution in [0.1, 0.15) is 95.6 Å². The molecule has 3 rings (SSSR count). The molecule has 0 bridgehead atoms. The van der Waals surface area contributed by atoms with E-state index in [1.807, 2.05) is 12.4 Å². The van der Waals surface area contributed by atoms with E-state index in [4.69, 9.17) is 0 Å². The minimum absolute atomic E-state index is 0.853. The summed E-state index contributed by atoms with van der Waals surface area (Å²) in [6.45, 7) is 4.61. The summed E-state index contributed by atoms with van der Waals surface area (Å²) in [4.78, 5) is 9.30. The Hall–Kier alpha value is -1.70. The van der Waals surface area contributed by atoms with Crippen molar-refractivity contribution in [2.24, 2.45) is 11.8 Å². The molecule has 1 heterocycles. The number of hydrogen-bond acceptors (Lipinski definition) is 2. The zero-order valence-electron chi connectivity index (χ0n) is 18.7. The largest absolute Gasteiger partial charge is 0.236 e. The smallest absolute Gasteiger partial charge is 0.159 e. The topological polar surface area (TPSA) is 25.8 Å². The molecular formula is C27H40N2. The lowest BCUT2D eigenvalue weighted by molar-refractivity contribution is 0.258. The molecule has 1 aliphatic carbocycles. The van der Waals surface area contributed by atoms with Crippen LogP contribution in [0.25, 0.3) is 11.4 Å². The maximum Gasteiger partial charge on any atom is 0.159 e. The van der Waals surface area contributed by atoms with Gasteiger partial charge in [-0.15, -0.1) is 0 Å². The first-order chi connectivity index (χ1) is 14.3. The van der Waals surface area contributed by atoms with E-state index >= 15 is 0 Å². The van der Waals surface area contributed by atoms with Gasteiger partial charge in [-0.25, -0.2) is 9.97 Å². The fourth-order valence-electron chi connectivity index (χ4n) is 4.69. The van der Waals surface area contributed by atoms with Crippen LogP contribution in [0, 0.1) is 11.8 Å². The average Bonchev–Trinajstić information content (AvgIpc) is 2.79. The van der Waals surface area contributed by atoms with Crippen LogP contribution in [0.5, 0.6) is 0 Å². The van der Waals surface area contributed by atoms with E-state index in [0.29, 0.717) is 0 Å². The van der Waals surface area contributed by atoms with Gasteiger partial charge in [0.05, 0.1) is 0 Å². The van der Waals surface area contributed by atoms with Gasteiger partial charge in [0, 0.05) is 18.0 Å². The molecule has 2 heteroatoms. The highest BCUT2D eigenvalue weighted by atomic mass is 14.9. The molecule has 1 aromatic carbocycles. The summed E-state index contributed by atoms with van der Waals surface area (Å²) < 4.78 is 0. The van der Waals surface area contributed by atoms with Crippen molar-refractivity contribution < 1.29 is 0 Å². The van der Waals surface area contributed by atoms with Crippen molar-refractivity contribution in [2.45, 2.75) is 97.3 Å². The van der Waals surface area contributed by atoms with E-state index in [9.17, 15) is 0 Å². The van der Waals surface area contributed by atoms with Gasteiger partial charge in [0.2, 0.25) is 0 Å². The second-order valence-electron chi connectivity index (χ2n) is 9.11. The van der Waals surface area contributed by atoms with Gasteiger partial charge in [0.25, 0.3) is 0 Å². The summed E-state index contributed by atoms with van der Waals surface area (Å²) in [5.41, 5.74) is 3.85. The van der Waals surface area contributed by atoms with Gasteiger partial charge in [-0.2, -0.15) is 0 Å². The highest BCUT2D eigenvalue weighted by molar-refractivity contribution is 5.55. The van der Waals surface area contributed by atoms with Crippen molar-refractivity contribution in [1.82, 2.24) is 9.97 Å². The Morgan fingerprint density at radius 1 is 0.724 bits per heavy atom. The molecule has 2 aromatic rings. The second-order valence-corrected chi connectivity index (χ2v) is 9.11. The van der Waals surface area contributed by atoms with Crippen LogP contribution >= 0.6 is 0 Å². The predicted octanol–water partition coefficient (Wildman–Crippen LogP) is 7.81. The molecule has 0 unspecified atom stereocenters. The van der Waals surface area contributed by atoms with Crippen molar-refractivity contribution in [3.63, 3.8) is 0 Å². The van der Waals surface area contributed by atoms with Crippen LogP contribution in [0.2, 0.25) is 0 Å². The van der Waals surface area contributed by atoms with Crippen molar-refractivity contribution in [3.8, 4) is 11.4 Å². The molecule has 0 aliphatic heterocycles. The van der Waals surface area contributed by atoms with Crippen LogP contribution in [-0.2, 0) is 12.8 Å². The Labute approximate surface area is 178 Å². The fraction of sp³-hybridized carbons (Fsp3) is 0.630. The Kier molecular flexibility index (Phi) is 9.18. The first-order valence-electron chi connectivity index (χ1n) is 12.2. The average molecular weight is 393 g/mol. The van der Waals surface area contributed by atoms with Gasteiger partial charge in [0.15, 0.2) is 5.82 Å². The van der Waals surface area contributed by atoms with Gasteiger partial charge in [-0.3, -0.25) is 0 Å². The number of hydrogen-bond donors (Lipinski definition) is 0. The summed E-state index contributed by atoms with van der Waals surface area (Å²) >= 11 is 0. The van der Waals surface area contributed by atoms with E-state index in [0.717, 1.165) is 29.6 Å². The zero-order chi connectivity index (χ0) is 20.3. The molecule has 0 spiro atoms. The SMILES string of the molecule is CCCCCCCc1ccc(-c2ncc(CC[C@H]3CC[C@H](CC)CC3)cn2)cc1. The molecule has 2 nitrogen and oxygen atoms in total. The van der Waals surface area contributed by atoms with E-state index < -0.39 is 0 Å². The predicted molar refractivity (Wildman–Crippen MR) is 124 cm³/mol. The number of unbranched alkanes of at least 4 members (excludes halogenated alkanes) is 4. The third-order valence-corrected chi connectivity index (χ3v) is 6.87. The minimum Gasteiger partial charge on any atom is -0.236 e. The summed E-state index contributed by atoms with van der Waals surface area (Å²) in [5.74, 6) is 2.75. The van der Waals surface area contributed by atoms with Crippen molar-refractivity contribution in [2.75, 3.05) is 0 Å². The molecule has 1 aliphatic rings. The molecular weight excluding hydrogens is 352 g/mol. The summed E-state index contributed by atoms with van der Waals surface area (Å²) in [5, 5.41) is 0. The van der Waals surface area contributed by atoms with Gasteiger partial charge in [-0.1, -0.05) is 95.9 Å². The number of aromatic nitrogens is 2. The number of aryl methyl sites for hydroxylation is 2. The lowest BCUT2D eigenvalue weighted by atomic mass is 9.79. The van der Waals surface area contributed by atoms with E-state index in [-0.39, 0.29) is 0 Å². The highest BCUT2D eigenvalue weighted by Crippen LogP contribution is 2.33. The lowest BCUT2D eigenvalue weighted by Gasteiger charge is -2.27. The van der Waals surface area contributed by atoms with Crippen molar-refractivity contribution in [3.05, 3.63) is 47.8 Å². The monoisotopic (exact) mass is 392 g/mol. The Morgan fingerprint density at radius 3 is 2.03 bits per heavy atom. The normalized spacial score (nSPS) is 19.4. The number of benzene rings is 1. The molecule has 1 fully saturated rings. The van der Waals surface area contributed by atoms with Crippen molar-refractivity contribution in [1.29, 1.82) is 0 Å². The zero-order valence-corrected chi connectivity index (χ0v) is 18.7. The Bertz CT molecular complexity index is 681. The highest BCUT2D eigenvalue weighted by Gasteiger charge is 2.19. The molecule has 0 N–H and O–H groups in total. The van der Waals surface area contributed by atoms with Crippen LogP contribution in [0.3, 0.4) is 0 Å². The molecule has 1 aromatic heterocycles. The number of nitrogens with zero attached hydrogens (tertiary/aromatic N) is 2. The Morgan fingerprint density at radius 2 is 1.38 bits per heavy atom. The maximum atomic E-state index is 4.65. The summed E-state index contributed by atoms with van der Waals surface area (Å²) in [6.07, 6.45) is 21.5. The molecule has 29 heavy (non-hydrogen) atoms. The minimum atomic E-state index is 0.853. The van der Waals surface area contributed by atoms with Gasteiger partial charge < -0.3 is 0 Å².